The Bertz CT molecular complexity index is 774. The molecule has 0 heterocycles. The first-order chi connectivity index (χ1) is 20.5. The summed E-state index contributed by atoms with van der Waals surface area (Å²) >= 11 is 6.21. The molecule has 0 spiro atoms. The lowest BCUT2D eigenvalue weighted by molar-refractivity contribution is -0.148. The fourth-order valence-corrected chi connectivity index (χ4v) is 6.78. The molecular weight excluding hydrogens is 555 g/mol. The van der Waals surface area contributed by atoms with Crippen molar-refractivity contribution < 1.29 is 9.47 Å². The molecule has 0 aromatic heterocycles. The molecule has 1 unspecified atom stereocenters. The molecule has 4 heteroatoms. The minimum atomic E-state index is -0.00514. The van der Waals surface area contributed by atoms with Gasteiger partial charge in [0.2, 0.25) is 0 Å². The third kappa shape index (κ3) is 19.8. The van der Waals surface area contributed by atoms with E-state index < -0.39 is 0 Å². The first-order valence-electron chi connectivity index (χ1n) is 17.9. The Balaban J connectivity index is 2.23. The number of benzene rings is 1. The molecule has 0 aliphatic heterocycles. The number of halogens is 1. The minimum absolute atomic E-state index is 0.00514. The van der Waals surface area contributed by atoms with Gasteiger partial charge in [-0.15, -0.1) is 0 Å². The first-order valence-corrected chi connectivity index (χ1v) is 19.9. The van der Waals surface area contributed by atoms with Crippen molar-refractivity contribution in [3.05, 3.63) is 40.5 Å². The van der Waals surface area contributed by atoms with Crippen LogP contribution in [-0.4, -0.2) is 19.5 Å². The lowest BCUT2D eigenvalue weighted by atomic mass is 9.95. The van der Waals surface area contributed by atoms with Crippen LogP contribution in [0.1, 0.15) is 171 Å². The predicted molar refractivity (Wildman–Crippen MR) is 191 cm³/mol. The lowest BCUT2D eigenvalue weighted by Gasteiger charge is -2.19. The summed E-state index contributed by atoms with van der Waals surface area (Å²) in [6, 6.07) is 2.34. The van der Waals surface area contributed by atoms with Crippen LogP contribution < -0.4 is 5.30 Å². The topological polar surface area (TPSA) is 18.5 Å². The highest BCUT2D eigenvalue weighted by atomic mass is 35.7. The van der Waals surface area contributed by atoms with Gasteiger partial charge in [-0.1, -0.05) is 121 Å². The molecule has 1 aromatic rings. The van der Waals surface area contributed by atoms with Gasteiger partial charge in [-0.2, -0.15) is 0 Å². The number of ether oxygens (including phenoxy) is 2. The average Bonchev–Trinajstić information content (AvgIpc) is 3.00. The van der Waals surface area contributed by atoms with Crippen LogP contribution in [0.2, 0.25) is 0 Å². The van der Waals surface area contributed by atoms with Gasteiger partial charge in [0.1, 0.15) is 0 Å². The van der Waals surface area contributed by atoms with Crippen LogP contribution in [0.3, 0.4) is 0 Å². The van der Waals surface area contributed by atoms with Crippen LogP contribution in [0.15, 0.2) is 18.2 Å². The van der Waals surface area contributed by atoms with Gasteiger partial charge < -0.3 is 9.47 Å². The molecule has 0 fully saturated rings. The van der Waals surface area contributed by atoms with Crippen molar-refractivity contribution in [2.24, 2.45) is 0 Å². The van der Waals surface area contributed by atoms with Crippen LogP contribution in [0.4, 0.5) is 0 Å². The summed E-state index contributed by atoms with van der Waals surface area (Å²) in [4.78, 5) is 0. The predicted octanol–water partition coefficient (Wildman–Crippen LogP) is 12.8. The van der Waals surface area contributed by atoms with E-state index >= 15 is 0 Å². The third-order valence-electron chi connectivity index (χ3n) is 8.83. The van der Waals surface area contributed by atoms with E-state index in [-0.39, 0.29) is 6.29 Å². The second-order valence-electron chi connectivity index (χ2n) is 12.5. The maximum Gasteiger partial charge on any atom is 0.157 e. The highest BCUT2D eigenvalue weighted by molar-refractivity contribution is 7.75. The van der Waals surface area contributed by atoms with Crippen molar-refractivity contribution in [3.63, 3.8) is 0 Å². The molecule has 0 N–H and O–H groups in total. The Hall–Kier alpha value is -0.400. The highest BCUT2D eigenvalue weighted by Crippen LogP contribution is 2.25. The van der Waals surface area contributed by atoms with Crippen molar-refractivity contribution in [3.8, 4) is 0 Å². The quantitative estimate of drug-likeness (QED) is 0.0383. The molecule has 0 amide bonds. The fraction of sp³-hybridized carbons (Fsp3) is 0.789. The summed E-state index contributed by atoms with van der Waals surface area (Å²) < 4.78 is 12.5. The van der Waals surface area contributed by atoms with Gasteiger partial charge in [0, 0.05) is 21.1 Å². The molecule has 1 atom stereocenters. The van der Waals surface area contributed by atoms with Crippen molar-refractivity contribution in [1.82, 2.24) is 0 Å². The van der Waals surface area contributed by atoms with Crippen molar-refractivity contribution >= 4 is 24.5 Å². The average molecular weight is 623 g/mol. The van der Waals surface area contributed by atoms with Gasteiger partial charge in [-0.25, -0.2) is 0 Å². The van der Waals surface area contributed by atoms with Gasteiger partial charge in [0.15, 0.2) is 6.29 Å². The Morgan fingerprint density at radius 1 is 0.619 bits per heavy atom. The zero-order valence-electron chi connectivity index (χ0n) is 28.5. The zero-order valence-corrected chi connectivity index (χ0v) is 30.2. The molecule has 0 radical (unpaired) electrons. The Labute approximate surface area is 269 Å². The SMILES string of the molecule is CCCCCCCCCOC(CCCCC/C=C\CCCc1cc(PCl)c(C)c(C)c1C)OCCCCCCCCC. The van der Waals surface area contributed by atoms with E-state index in [9.17, 15) is 0 Å². The van der Waals surface area contributed by atoms with Crippen LogP contribution in [0, 0.1) is 20.8 Å². The summed E-state index contributed by atoms with van der Waals surface area (Å²) in [5.41, 5.74) is 5.72. The van der Waals surface area contributed by atoms with Crippen molar-refractivity contribution in [1.29, 1.82) is 0 Å². The van der Waals surface area contributed by atoms with E-state index in [1.165, 1.54) is 150 Å². The monoisotopic (exact) mass is 622 g/mol. The molecule has 0 bridgehead atoms. The standard InChI is InChI=1S/C38H68ClO2P/c1-6-8-10-12-18-22-26-30-40-38(41-31-27-23-19-13-11-9-7-2)29-25-21-17-15-14-16-20-24-28-36-32-37(42-39)35(5)33(3)34(36)4/h14,16,32,38,42H,6-13,15,17-31H2,1-5H3/b16-14-. The zero-order chi connectivity index (χ0) is 30.7. The first kappa shape index (κ1) is 39.6. The Morgan fingerprint density at radius 2 is 1.12 bits per heavy atom. The van der Waals surface area contributed by atoms with Gasteiger partial charge in [-0.05, 0) is 112 Å². The molecule has 1 rings (SSSR count). The molecular formula is C38H68ClO2P. The third-order valence-corrected chi connectivity index (χ3v) is 10.2. The van der Waals surface area contributed by atoms with E-state index in [2.05, 4.69) is 52.8 Å². The molecule has 0 aliphatic rings. The number of rotatable bonds is 29. The largest absolute Gasteiger partial charge is 0.353 e. The summed E-state index contributed by atoms with van der Waals surface area (Å²) in [5.74, 6) is 0. The molecule has 0 saturated carbocycles. The van der Waals surface area contributed by atoms with E-state index in [0.29, 0.717) is 7.93 Å². The van der Waals surface area contributed by atoms with Crippen LogP contribution in [0.5, 0.6) is 0 Å². The van der Waals surface area contributed by atoms with E-state index in [1.54, 1.807) is 0 Å². The maximum atomic E-state index is 6.23. The van der Waals surface area contributed by atoms with Crippen LogP contribution >= 0.6 is 19.2 Å². The lowest BCUT2D eigenvalue weighted by Crippen LogP contribution is -2.19. The number of aryl methyl sites for hydroxylation is 1. The second-order valence-corrected chi connectivity index (χ2v) is 13.8. The fourth-order valence-electron chi connectivity index (χ4n) is 5.63. The summed E-state index contributed by atoms with van der Waals surface area (Å²) in [6.07, 6.45) is 32.8. The molecule has 0 aliphatic carbocycles. The highest BCUT2D eigenvalue weighted by Gasteiger charge is 2.10. The van der Waals surface area contributed by atoms with E-state index in [4.69, 9.17) is 20.7 Å². The van der Waals surface area contributed by atoms with Crippen molar-refractivity contribution in [2.45, 2.75) is 182 Å². The van der Waals surface area contributed by atoms with Gasteiger partial charge in [0.05, 0.1) is 0 Å². The van der Waals surface area contributed by atoms with Crippen molar-refractivity contribution in [2.75, 3.05) is 13.2 Å². The minimum Gasteiger partial charge on any atom is -0.353 e. The number of hydrogen-bond donors (Lipinski definition) is 0. The number of hydrogen-bond acceptors (Lipinski definition) is 2. The second kappa shape index (κ2) is 28.1. The van der Waals surface area contributed by atoms with Gasteiger partial charge >= 0.3 is 0 Å². The Kier molecular flexibility index (Phi) is 26.5. The van der Waals surface area contributed by atoms with Gasteiger partial charge in [-0.3, -0.25) is 0 Å². The molecule has 42 heavy (non-hydrogen) atoms. The summed E-state index contributed by atoms with van der Waals surface area (Å²) in [7, 11) is 0.361. The van der Waals surface area contributed by atoms with E-state index in [0.717, 1.165) is 32.5 Å². The normalized spacial score (nSPS) is 12.2. The molecule has 244 valence electrons. The molecule has 1 aromatic carbocycles. The number of unbranched alkanes of at least 4 members (excludes halogenated alkanes) is 16. The Morgan fingerprint density at radius 3 is 1.67 bits per heavy atom. The maximum absolute atomic E-state index is 6.23. The van der Waals surface area contributed by atoms with Gasteiger partial charge in [0.25, 0.3) is 0 Å². The smallest absolute Gasteiger partial charge is 0.157 e. The molecule has 0 saturated heterocycles. The summed E-state index contributed by atoms with van der Waals surface area (Å²) in [6.45, 7) is 13.0. The number of allylic oxidation sites excluding steroid dienone is 2. The van der Waals surface area contributed by atoms with Crippen LogP contribution in [-0.2, 0) is 15.9 Å². The molecule has 2 nitrogen and oxygen atoms in total. The van der Waals surface area contributed by atoms with Crippen LogP contribution in [0.25, 0.3) is 0 Å². The van der Waals surface area contributed by atoms with E-state index in [1.807, 2.05) is 0 Å². The summed E-state index contributed by atoms with van der Waals surface area (Å²) in [5, 5.41) is 1.32.